The molecule has 0 saturated carbocycles. The lowest BCUT2D eigenvalue weighted by Gasteiger charge is -2.48. The zero-order chi connectivity index (χ0) is 13.0. The highest BCUT2D eigenvalue weighted by Crippen LogP contribution is 2.34. The molecule has 2 aliphatic rings. The van der Waals surface area contributed by atoms with Crippen LogP contribution in [0.15, 0.2) is 0 Å². The topological polar surface area (TPSA) is 24.5 Å². The summed E-state index contributed by atoms with van der Waals surface area (Å²) in [5, 5.41) is 3.81. The van der Waals surface area contributed by atoms with Crippen LogP contribution in [0.5, 0.6) is 0 Å². The maximum absolute atomic E-state index is 5.55. The van der Waals surface area contributed by atoms with E-state index in [1.807, 2.05) is 7.11 Å². The molecule has 0 aliphatic carbocycles. The molecule has 3 heteroatoms. The first-order chi connectivity index (χ1) is 8.68. The fourth-order valence-corrected chi connectivity index (χ4v) is 3.76. The predicted molar refractivity (Wildman–Crippen MR) is 75.9 cm³/mol. The summed E-state index contributed by atoms with van der Waals surface area (Å²) in [7, 11) is 1.85. The molecule has 0 aromatic rings. The maximum Gasteiger partial charge on any atom is 0.0647 e. The van der Waals surface area contributed by atoms with Crippen molar-refractivity contribution in [3.8, 4) is 0 Å². The molecule has 3 nitrogen and oxygen atoms in total. The number of methoxy groups -OCH3 is 1. The number of piperidine rings is 2. The van der Waals surface area contributed by atoms with E-state index in [4.69, 9.17) is 4.74 Å². The third-order valence-electron chi connectivity index (χ3n) is 4.89. The summed E-state index contributed by atoms with van der Waals surface area (Å²) in [6.45, 7) is 9.20. The Labute approximate surface area is 112 Å². The highest BCUT2D eigenvalue weighted by molar-refractivity contribution is 4.99. The normalized spacial score (nSPS) is 35.0. The van der Waals surface area contributed by atoms with Crippen molar-refractivity contribution in [1.82, 2.24) is 10.2 Å². The van der Waals surface area contributed by atoms with Crippen LogP contribution in [-0.4, -0.2) is 49.8 Å². The van der Waals surface area contributed by atoms with Crippen molar-refractivity contribution in [2.75, 3.05) is 33.4 Å². The molecule has 106 valence electrons. The molecule has 0 aromatic carbocycles. The maximum atomic E-state index is 5.55. The Bertz CT molecular complexity index is 243. The van der Waals surface area contributed by atoms with Crippen LogP contribution in [-0.2, 0) is 4.74 Å². The van der Waals surface area contributed by atoms with Crippen LogP contribution in [0.4, 0.5) is 0 Å². The van der Waals surface area contributed by atoms with E-state index in [2.05, 4.69) is 24.1 Å². The van der Waals surface area contributed by atoms with Crippen molar-refractivity contribution < 1.29 is 4.74 Å². The molecule has 2 saturated heterocycles. The summed E-state index contributed by atoms with van der Waals surface area (Å²) in [4.78, 5) is 2.64. The van der Waals surface area contributed by atoms with Crippen LogP contribution in [0.2, 0.25) is 0 Å². The molecule has 18 heavy (non-hydrogen) atoms. The van der Waals surface area contributed by atoms with Crippen molar-refractivity contribution in [3.05, 3.63) is 0 Å². The molecular formula is C15H30N2O. The Balaban J connectivity index is 2.05. The lowest BCUT2D eigenvalue weighted by molar-refractivity contribution is 0.00778. The fraction of sp³-hybridized carbons (Fsp3) is 1.00. The smallest absolute Gasteiger partial charge is 0.0647 e. The molecule has 0 bridgehead atoms. The van der Waals surface area contributed by atoms with Gasteiger partial charge >= 0.3 is 0 Å². The molecular weight excluding hydrogens is 224 g/mol. The van der Waals surface area contributed by atoms with Gasteiger partial charge in [0.2, 0.25) is 0 Å². The molecule has 0 radical (unpaired) electrons. The first-order valence-corrected chi connectivity index (χ1v) is 7.66. The lowest BCUT2D eigenvalue weighted by atomic mass is 9.74. The minimum Gasteiger partial charge on any atom is -0.383 e. The Kier molecular flexibility index (Phi) is 5.05. The number of rotatable bonds is 4. The molecule has 0 amide bonds. The monoisotopic (exact) mass is 254 g/mol. The second-order valence-corrected chi connectivity index (χ2v) is 6.40. The van der Waals surface area contributed by atoms with Gasteiger partial charge in [-0.3, -0.25) is 0 Å². The highest BCUT2D eigenvalue weighted by Gasteiger charge is 2.41. The lowest BCUT2D eigenvalue weighted by Crippen LogP contribution is -2.61. The fourth-order valence-electron chi connectivity index (χ4n) is 3.76. The van der Waals surface area contributed by atoms with E-state index in [0.29, 0.717) is 6.04 Å². The summed E-state index contributed by atoms with van der Waals surface area (Å²) in [6.07, 6.45) is 6.67. The van der Waals surface area contributed by atoms with E-state index in [0.717, 1.165) is 12.5 Å². The standard InChI is InChI=1S/C15H30N2O/c1-13(2)17-10-6-7-14(11-17)15(12-18-3)8-4-5-9-16-15/h13-14,16H,4-12H2,1-3H3. The van der Waals surface area contributed by atoms with Crippen molar-refractivity contribution in [2.24, 2.45) is 5.92 Å². The number of hydrogen-bond donors (Lipinski definition) is 1. The van der Waals surface area contributed by atoms with Gasteiger partial charge in [0, 0.05) is 25.2 Å². The Morgan fingerprint density at radius 3 is 2.78 bits per heavy atom. The summed E-state index contributed by atoms with van der Waals surface area (Å²) in [5.74, 6) is 0.758. The Morgan fingerprint density at radius 2 is 2.17 bits per heavy atom. The Morgan fingerprint density at radius 1 is 1.33 bits per heavy atom. The van der Waals surface area contributed by atoms with Gasteiger partial charge < -0.3 is 15.0 Å². The highest BCUT2D eigenvalue weighted by atomic mass is 16.5. The molecule has 0 spiro atoms. The van der Waals surface area contributed by atoms with Crippen molar-refractivity contribution >= 4 is 0 Å². The molecule has 2 fully saturated rings. The van der Waals surface area contributed by atoms with Crippen LogP contribution in [0.25, 0.3) is 0 Å². The first kappa shape index (κ1) is 14.3. The average Bonchev–Trinajstić information content (AvgIpc) is 2.40. The molecule has 2 unspecified atom stereocenters. The number of likely N-dealkylation sites (tertiary alicyclic amines) is 1. The molecule has 0 aromatic heterocycles. The summed E-state index contributed by atoms with van der Waals surface area (Å²) in [6, 6.07) is 0.677. The van der Waals surface area contributed by atoms with Gasteiger partial charge in [-0.05, 0) is 58.5 Å². The minimum absolute atomic E-state index is 0.251. The van der Waals surface area contributed by atoms with E-state index in [1.165, 1.54) is 51.7 Å². The van der Waals surface area contributed by atoms with Gasteiger partial charge in [-0.1, -0.05) is 6.42 Å². The third-order valence-corrected chi connectivity index (χ3v) is 4.89. The van der Waals surface area contributed by atoms with E-state index in [1.54, 1.807) is 0 Å². The molecule has 2 rings (SSSR count). The molecule has 1 N–H and O–H groups in total. The zero-order valence-corrected chi connectivity index (χ0v) is 12.4. The molecule has 2 atom stereocenters. The summed E-state index contributed by atoms with van der Waals surface area (Å²) >= 11 is 0. The largest absolute Gasteiger partial charge is 0.383 e. The number of nitrogens with one attached hydrogen (secondary N) is 1. The Hall–Kier alpha value is -0.120. The van der Waals surface area contributed by atoms with E-state index in [9.17, 15) is 0 Å². The van der Waals surface area contributed by atoms with Gasteiger partial charge in [0.1, 0.15) is 0 Å². The number of hydrogen-bond acceptors (Lipinski definition) is 3. The van der Waals surface area contributed by atoms with Crippen LogP contribution in [0, 0.1) is 5.92 Å². The van der Waals surface area contributed by atoms with E-state index in [-0.39, 0.29) is 5.54 Å². The molecule has 2 aliphatic heterocycles. The zero-order valence-electron chi connectivity index (χ0n) is 12.4. The van der Waals surface area contributed by atoms with Crippen LogP contribution < -0.4 is 5.32 Å². The SMILES string of the molecule is COCC1(C2CCCN(C(C)C)C2)CCCCN1. The molecule has 2 heterocycles. The van der Waals surface area contributed by atoms with Crippen molar-refractivity contribution in [3.63, 3.8) is 0 Å². The second kappa shape index (κ2) is 6.36. The van der Waals surface area contributed by atoms with E-state index < -0.39 is 0 Å². The van der Waals surface area contributed by atoms with Crippen LogP contribution >= 0.6 is 0 Å². The van der Waals surface area contributed by atoms with Crippen LogP contribution in [0.1, 0.15) is 46.0 Å². The van der Waals surface area contributed by atoms with Gasteiger partial charge in [0.25, 0.3) is 0 Å². The predicted octanol–water partition coefficient (Wildman–Crippen LogP) is 2.27. The van der Waals surface area contributed by atoms with Gasteiger partial charge in [0.05, 0.1) is 6.61 Å². The van der Waals surface area contributed by atoms with E-state index >= 15 is 0 Å². The number of ether oxygens (including phenoxy) is 1. The van der Waals surface area contributed by atoms with Crippen molar-refractivity contribution in [1.29, 1.82) is 0 Å². The third kappa shape index (κ3) is 3.06. The van der Waals surface area contributed by atoms with Gasteiger partial charge in [-0.15, -0.1) is 0 Å². The summed E-state index contributed by atoms with van der Waals surface area (Å²) < 4.78 is 5.55. The average molecular weight is 254 g/mol. The van der Waals surface area contributed by atoms with Gasteiger partial charge in [-0.2, -0.15) is 0 Å². The van der Waals surface area contributed by atoms with Crippen molar-refractivity contribution in [2.45, 2.75) is 57.5 Å². The number of nitrogens with zero attached hydrogens (tertiary/aromatic N) is 1. The quantitative estimate of drug-likeness (QED) is 0.833. The first-order valence-electron chi connectivity index (χ1n) is 7.66. The van der Waals surface area contributed by atoms with Gasteiger partial charge in [0.15, 0.2) is 0 Å². The minimum atomic E-state index is 0.251. The van der Waals surface area contributed by atoms with Gasteiger partial charge in [-0.25, -0.2) is 0 Å². The van der Waals surface area contributed by atoms with Crippen LogP contribution in [0.3, 0.4) is 0 Å². The summed E-state index contributed by atoms with van der Waals surface area (Å²) in [5.41, 5.74) is 0.251. The second-order valence-electron chi connectivity index (χ2n) is 6.40.